The van der Waals surface area contributed by atoms with Crippen LogP contribution >= 0.6 is 0 Å². The lowest BCUT2D eigenvalue weighted by Crippen LogP contribution is -2.39. The van der Waals surface area contributed by atoms with Gasteiger partial charge in [-0.25, -0.2) is 0 Å². The lowest BCUT2D eigenvalue weighted by molar-refractivity contribution is 0.104. The molecule has 1 aliphatic carbocycles. The van der Waals surface area contributed by atoms with Crippen LogP contribution < -0.4 is 4.74 Å². The summed E-state index contributed by atoms with van der Waals surface area (Å²) in [6, 6.07) is 13.1. The molecule has 1 aromatic carbocycles. The molecule has 1 aromatic heterocycles. The van der Waals surface area contributed by atoms with Gasteiger partial charge in [-0.3, -0.25) is 9.88 Å². The first-order valence-corrected chi connectivity index (χ1v) is 12.4. The van der Waals surface area contributed by atoms with Crippen LogP contribution in [-0.4, -0.2) is 60.8 Å². The minimum Gasteiger partial charge on any atom is -0.490 e. The quantitative estimate of drug-likeness (QED) is 0.507. The molecule has 0 radical (unpaired) electrons. The zero-order valence-electron chi connectivity index (χ0n) is 19.6. The molecule has 0 spiro atoms. The van der Waals surface area contributed by atoms with E-state index in [2.05, 4.69) is 51.2 Å². The molecular weight excluding hydrogens is 398 g/mol. The fraction of sp³-hybridized carbons (Fsp3) is 0.593. The second kappa shape index (κ2) is 12.3. The molecule has 1 saturated carbocycles. The summed E-state index contributed by atoms with van der Waals surface area (Å²) in [5.41, 5.74) is 2.69. The van der Waals surface area contributed by atoms with Crippen molar-refractivity contribution in [2.45, 2.75) is 57.7 Å². The van der Waals surface area contributed by atoms with E-state index in [4.69, 9.17) is 9.47 Å². The maximum atomic E-state index is 6.16. The number of nitrogens with zero attached hydrogens (tertiary/aromatic N) is 3. The van der Waals surface area contributed by atoms with E-state index in [1.165, 1.54) is 62.7 Å². The molecule has 32 heavy (non-hydrogen) atoms. The summed E-state index contributed by atoms with van der Waals surface area (Å²) >= 11 is 0. The zero-order valence-corrected chi connectivity index (χ0v) is 19.6. The van der Waals surface area contributed by atoms with E-state index in [-0.39, 0.29) is 0 Å². The van der Waals surface area contributed by atoms with Gasteiger partial charge in [-0.1, -0.05) is 12.1 Å². The Labute approximate surface area is 193 Å². The van der Waals surface area contributed by atoms with Gasteiger partial charge in [-0.15, -0.1) is 0 Å². The number of rotatable bonds is 11. The maximum Gasteiger partial charge on any atom is 0.119 e. The highest BCUT2D eigenvalue weighted by Crippen LogP contribution is 2.25. The number of hydrogen-bond acceptors (Lipinski definition) is 5. The first-order chi connectivity index (χ1) is 15.8. The third-order valence-electron chi connectivity index (χ3n) is 6.93. The van der Waals surface area contributed by atoms with Gasteiger partial charge in [-0.2, -0.15) is 0 Å². The van der Waals surface area contributed by atoms with E-state index < -0.39 is 0 Å². The van der Waals surface area contributed by atoms with Crippen LogP contribution in [0.4, 0.5) is 0 Å². The van der Waals surface area contributed by atoms with Crippen molar-refractivity contribution in [3.63, 3.8) is 0 Å². The van der Waals surface area contributed by atoms with E-state index in [0.717, 1.165) is 44.5 Å². The van der Waals surface area contributed by atoms with Crippen LogP contribution in [0.2, 0.25) is 0 Å². The lowest BCUT2D eigenvalue weighted by atomic mass is 9.95. The minimum atomic E-state index is 0.416. The predicted octanol–water partition coefficient (Wildman–Crippen LogP) is 4.76. The summed E-state index contributed by atoms with van der Waals surface area (Å²) in [6.45, 7) is 7.33. The van der Waals surface area contributed by atoms with Crippen molar-refractivity contribution in [1.29, 1.82) is 0 Å². The van der Waals surface area contributed by atoms with Crippen LogP contribution in [0.5, 0.6) is 5.75 Å². The molecule has 0 amide bonds. The molecule has 2 fully saturated rings. The normalized spacial score (nSPS) is 18.4. The number of hydrogen-bond donors (Lipinski definition) is 0. The monoisotopic (exact) mass is 437 g/mol. The van der Waals surface area contributed by atoms with Crippen molar-refractivity contribution in [2.75, 3.05) is 39.9 Å². The van der Waals surface area contributed by atoms with Crippen molar-refractivity contribution >= 4 is 0 Å². The molecule has 2 heterocycles. The summed E-state index contributed by atoms with van der Waals surface area (Å²) in [5, 5.41) is 0. The van der Waals surface area contributed by atoms with Crippen molar-refractivity contribution in [3.8, 4) is 5.75 Å². The molecule has 174 valence electrons. The fourth-order valence-electron chi connectivity index (χ4n) is 5.04. The lowest BCUT2D eigenvalue weighted by Gasteiger charge is -2.35. The van der Waals surface area contributed by atoms with Gasteiger partial charge in [0, 0.05) is 45.7 Å². The Kier molecular flexibility index (Phi) is 8.95. The largest absolute Gasteiger partial charge is 0.490 e. The molecule has 1 saturated heterocycles. The molecule has 0 N–H and O–H groups in total. The summed E-state index contributed by atoms with van der Waals surface area (Å²) < 4.78 is 11.4. The molecule has 5 heteroatoms. The van der Waals surface area contributed by atoms with Gasteiger partial charge >= 0.3 is 0 Å². The predicted molar refractivity (Wildman–Crippen MR) is 129 cm³/mol. The maximum absolute atomic E-state index is 6.16. The highest BCUT2D eigenvalue weighted by Gasteiger charge is 2.22. The van der Waals surface area contributed by atoms with Crippen LogP contribution in [0.3, 0.4) is 0 Å². The molecule has 2 aliphatic rings. The van der Waals surface area contributed by atoms with Crippen LogP contribution in [-0.2, 0) is 17.8 Å². The Morgan fingerprint density at radius 1 is 0.906 bits per heavy atom. The number of piperidine rings is 1. The highest BCUT2D eigenvalue weighted by atomic mass is 16.5. The number of likely N-dealkylation sites (tertiary alicyclic amines) is 1. The number of aromatic nitrogens is 1. The standard InChI is InChI=1S/C27H39N3O2/c1-31-19-18-29-16-12-25(13-17-29)22-30(21-24-10-14-28-15-11-24)20-23-6-8-27(9-7-23)32-26-4-2-3-5-26/h6-11,14-15,25-26H,2-5,12-13,16-22H2,1H3. The van der Waals surface area contributed by atoms with E-state index in [0.29, 0.717) is 6.10 Å². The van der Waals surface area contributed by atoms with Crippen molar-refractivity contribution in [3.05, 3.63) is 59.9 Å². The summed E-state index contributed by atoms with van der Waals surface area (Å²) in [7, 11) is 1.79. The Morgan fingerprint density at radius 3 is 2.22 bits per heavy atom. The van der Waals surface area contributed by atoms with Crippen LogP contribution in [0, 0.1) is 5.92 Å². The van der Waals surface area contributed by atoms with Gasteiger partial charge in [0.1, 0.15) is 5.75 Å². The van der Waals surface area contributed by atoms with Crippen LogP contribution in [0.15, 0.2) is 48.8 Å². The fourth-order valence-corrected chi connectivity index (χ4v) is 5.04. The Balaban J connectivity index is 1.34. The van der Waals surface area contributed by atoms with Crippen molar-refractivity contribution in [2.24, 2.45) is 5.92 Å². The van der Waals surface area contributed by atoms with Gasteiger partial charge < -0.3 is 14.4 Å². The number of methoxy groups -OCH3 is 1. The second-order valence-corrected chi connectivity index (χ2v) is 9.47. The molecule has 0 bridgehead atoms. The number of pyridine rings is 1. The van der Waals surface area contributed by atoms with Crippen molar-refractivity contribution < 1.29 is 9.47 Å². The average Bonchev–Trinajstić information content (AvgIpc) is 3.34. The molecular formula is C27H39N3O2. The average molecular weight is 438 g/mol. The molecule has 0 unspecified atom stereocenters. The van der Waals surface area contributed by atoms with Gasteiger partial charge in [0.2, 0.25) is 0 Å². The first kappa shape index (κ1) is 23.2. The van der Waals surface area contributed by atoms with E-state index in [1.54, 1.807) is 7.11 Å². The number of ether oxygens (including phenoxy) is 2. The van der Waals surface area contributed by atoms with Crippen LogP contribution in [0.1, 0.15) is 49.7 Å². The summed E-state index contributed by atoms with van der Waals surface area (Å²) in [4.78, 5) is 9.34. The topological polar surface area (TPSA) is 37.8 Å². The SMILES string of the molecule is COCCN1CCC(CN(Cc2ccncc2)Cc2ccc(OC3CCCC3)cc2)CC1. The molecule has 1 aliphatic heterocycles. The summed E-state index contributed by atoms with van der Waals surface area (Å²) in [5.74, 6) is 1.77. The molecule has 5 nitrogen and oxygen atoms in total. The Morgan fingerprint density at radius 2 is 1.56 bits per heavy atom. The smallest absolute Gasteiger partial charge is 0.119 e. The van der Waals surface area contributed by atoms with Gasteiger partial charge in [0.15, 0.2) is 0 Å². The van der Waals surface area contributed by atoms with Gasteiger partial charge in [0.05, 0.1) is 12.7 Å². The first-order valence-electron chi connectivity index (χ1n) is 12.4. The Bertz CT molecular complexity index is 769. The molecule has 0 atom stereocenters. The third-order valence-corrected chi connectivity index (χ3v) is 6.93. The summed E-state index contributed by atoms with van der Waals surface area (Å²) in [6.07, 6.45) is 11.8. The van der Waals surface area contributed by atoms with Crippen molar-refractivity contribution in [1.82, 2.24) is 14.8 Å². The van der Waals surface area contributed by atoms with E-state index in [1.807, 2.05) is 12.4 Å². The van der Waals surface area contributed by atoms with E-state index in [9.17, 15) is 0 Å². The second-order valence-electron chi connectivity index (χ2n) is 9.47. The zero-order chi connectivity index (χ0) is 22.0. The minimum absolute atomic E-state index is 0.416. The Hall–Kier alpha value is -1.95. The number of benzene rings is 1. The highest BCUT2D eigenvalue weighted by molar-refractivity contribution is 5.27. The van der Waals surface area contributed by atoms with E-state index >= 15 is 0 Å². The molecule has 2 aromatic rings. The van der Waals surface area contributed by atoms with Gasteiger partial charge in [-0.05, 0) is 92.9 Å². The molecule has 4 rings (SSSR count). The van der Waals surface area contributed by atoms with Crippen LogP contribution in [0.25, 0.3) is 0 Å². The van der Waals surface area contributed by atoms with Gasteiger partial charge in [0.25, 0.3) is 0 Å². The third kappa shape index (κ3) is 7.29.